The van der Waals surface area contributed by atoms with Gasteiger partial charge in [0.2, 0.25) is 0 Å². The van der Waals surface area contributed by atoms with E-state index >= 15 is 0 Å². The van der Waals surface area contributed by atoms with Crippen LogP contribution in [0.3, 0.4) is 0 Å². The molecule has 0 N–H and O–H groups in total. The first-order valence-corrected chi connectivity index (χ1v) is 10.2. The Bertz CT molecular complexity index is 632. The third kappa shape index (κ3) is 4.97. The van der Waals surface area contributed by atoms with Gasteiger partial charge < -0.3 is 0 Å². The fraction of sp³-hybridized carbons (Fsp3) is 0.520. The van der Waals surface area contributed by atoms with Crippen molar-refractivity contribution in [3.05, 3.63) is 64.8 Å². The van der Waals surface area contributed by atoms with Gasteiger partial charge in [-0.25, -0.2) is 0 Å². The largest absolute Gasteiger partial charge is 0.0988 e. The second kappa shape index (κ2) is 9.80. The standard InChI is InChI=1S/C25H36/c1-6-9-13-21-15-17-22(18-16-21)25(23(8-3)19(4)7-2)24-14-11-10-12-20(24)5/h7,10-12,14,21H,2,6,8-9,13,15-18H2,1,3-5H3/b23-19-,25-22?. The van der Waals surface area contributed by atoms with Crippen molar-refractivity contribution in [2.24, 2.45) is 5.92 Å². The molecule has 1 aliphatic rings. The van der Waals surface area contributed by atoms with Crippen molar-refractivity contribution in [2.75, 3.05) is 0 Å². The van der Waals surface area contributed by atoms with Crippen LogP contribution in [0.25, 0.3) is 5.57 Å². The fourth-order valence-corrected chi connectivity index (χ4v) is 4.25. The predicted molar refractivity (Wildman–Crippen MR) is 113 cm³/mol. The summed E-state index contributed by atoms with van der Waals surface area (Å²) in [7, 11) is 0. The maximum absolute atomic E-state index is 4.04. The average Bonchev–Trinajstić information content (AvgIpc) is 2.65. The molecule has 0 heterocycles. The van der Waals surface area contributed by atoms with Gasteiger partial charge in [0.15, 0.2) is 0 Å². The lowest BCUT2D eigenvalue weighted by atomic mass is 9.77. The lowest BCUT2D eigenvalue weighted by Gasteiger charge is -2.28. The molecule has 0 amide bonds. The molecule has 1 aromatic rings. The van der Waals surface area contributed by atoms with Crippen LogP contribution in [0.2, 0.25) is 0 Å². The highest BCUT2D eigenvalue weighted by Gasteiger charge is 2.22. The zero-order chi connectivity index (χ0) is 18.2. The summed E-state index contributed by atoms with van der Waals surface area (Å²) >= 11 is 0. The predicted octanol–water partition coefficient (Wildman–Crippen LogP) is 8.04. The molecule has 1 fully saturated rings. The Morgan fingerprint density at radius 1 is 1.16 bits per heavy atom. The molecule has 0 spiro atoms. The van der Waals surface area contributed by atoms with E-state index < -0.39 is 0 Å². The molecule has 0 heteroatoms. The highest BCUT2D eigenvalue weighted by Crippen LogP contribution is 2.41. The summed E-state index contributed by atoms with van der Waals surface area (Å²) in [6.45, 7) is 13.1. The minimum Gasteiger partial charge on any atom is -0.0988 e. The monoisotopic (exact) mass is 336 g/mol. The topological polar surface area (TPSA) is 0 Å². The summed E-state index contributed by atoms with van der Waals surface area (Å²) in [5.41, 5.74) is 8.86. The van der Waals surface area contributed by atoms with Crippen molar-refractivity contribution in [3.8, 4) is 0 Å². The fourth-order valence-electron chi connectivity index (χ4n) is 4.25. The minimum absolute atomic E-state index is 0.941. The number of allylic oxidation sites excluding steroid dienone is 5. The maximum Gasteiger partial charge on any atom is -0.0152 e. The van der Waals surface area contributed by atoms with Crippen LogP contribution in [-0.4, -0.2) is 0 Å². The van der Waals surface area contributed by atoms with E-state index in [9.17, 15) is 0 Å². The lowest BCUT2D eigenvalue weighted by Crippen LogP contribution is -2.11. The van der Waals surface area contributed by atoms with E-state index in [-0.39, 0.29) is 0 Å². The SMILES string of the molecule is C=C/C(C)=C(/CC)C(=C1CCC(CCCC)CC1)c1ccccc1C. The van der Waals surface area contributed by atoms with Crippen LogP contribution in [0, 0.1) is 12.8 Å². The van der Waals surface area contributed by atoms with E-state index in [1.54, 1.807) is 5.57 Å². The number of rotatable bonds is 7. The van der Waals surface area contributed by atoms with Gasteiger partial charge in [0.25, 0.3) is 0 Å². The van der Waals surface area contributed by atoms with Gasteiger partial charge in [0, 0.05) is 0 Å². The Labute approximate surface area is 155 Å². The Morgan fingerprint density at radius 3 is 2.40 bits per heavy atom. The van der Waals surface area contributed by atoms with Crippen molar-refractivity contribution in [1.82, 2.24) is 0 Å². The van der Waals surface area contributed by atoms with Crippen molar-refractivity contribution in [2.45, 2.75) is 79.1 Å². The van der Waals surface area contributed by atoms with Crippen LogP contribution >= 0.6 is 0 Å². The van der Waals surface area contributed by atoms with Gasteiger partial charge in [-0.3, -0.25) is 0 Å². The van der Waals surface area contributed by atoms with Crippen molar-refractivity contribution in [1.29, 1.82) is 0 Å². The molecule has 1 aromatic carbocycles. The third-order valence-corrected chi connectivity index (χ3v) is 5.88. The molecular weight excluding hydrogens is 300 g/mol. The quantitative estimate of drug-likeness (QED) is 0.442. The molecule has 25 heavy (non-hydrogen) atoms. The van der Waals surface area contributed by atoms with Crippen LogP contribution in [0.4, 0.5) is 0 Å². The maximum atomic E-state index is 4.04. The van der Waals surface area contributed by atoms with Gasteiger partial charge in [0.05, 0.1) is 0 Å². The molecule has 0 unspecified atom stereocenters. The molecule has 0 saturated heterocycles. The Hall–Kier alpha value is -1.56. The normalized spacial score (nSPS) is 18.7. The molecule has 0 bridgehead atoms. The summed E-state index contributed by atoms with van der Waals surface area (Å²) in [5, 5.41) is 0. The summed E-state index contributed by atoms with van der Waals surface area (Å²) in [5.74, 6) is 0.941. The van der Waals surface area contributed by atoms with Gasteiger partial charge in [-0.15, -0.1) is 0 Å². The first-order valence-electron chi connectivity index (χ1n) is 10.2. The minimum atomic E-state index is 0.941. The van der Waals surface area contributed by atoms with Crippen molar-refractivity contribution < 1.29 is 0 Å². The molecule has 0 aliphatic heterocycles. The zero-order valence-electron chi connectivity index (χ0n) is 16.8. The smallest absolute Gasteiger partial charge is 0.0152 e. The van der Waals surface area contributed by atoms with E-state index in [0.717, 1.165) is 12.3 Å². The van der Waals surface area contributed by atoms with Crippen LogP contribution in [0.15, 0.2) is 53.6 Å². The first-order chi connectivity index (χ1) is 12.1. The highest BCUT2D eigenvalue weighted by atomic mass is 14.3. The van der Waals surface area contributed by atoms with Crippen molar-refractivity contribution >= 4 is 5.57 Å². The highest BCUT2D eigenvalue weighted by molar-refractivity contribution is 5.84. The number of hydrogen-bond acceptors (Lipinski definition) is 0. The van der Waals surface area contributed by atoms with E-state index in [0.29, 0.717) is 0 Å². The van der Waals surface area contributed by atoms with Crippen LogP contribution < -0.4 is 0 Å². The van der Waals surface area contributed by atoms with Crippen molar-refractivity contribution in [3.63, 3.8) is 0 Å². The molecule has 1 saturated carbocycles. The molecule has 2 rings (SSSR count). The molecular formula is C25H36. The molecule has 1 aliphatic carbocycles. The van der Waals surface area contributed by atoms with E-state index in [1.165, 1.54) is 72.8 Å². The molecule has 136 valence electrons. The zero-order valence-corrected chi connectivity index (χ0v) is 16.8. The van der Waals surface area contributed by atoms with Gasteiger partial charge in [-0.2, -0.15) is 0 Å². The first kappa shape index (κ1) is 19.8. The molecule has 0 aromatic heterocycles. The average molecular weight is 337 g/mol. The van der Waals surface area contributed by atoms with Gasteiger partial charge in [-0.05, 0) is 79.7 Å². The second-order valence-electron chi connectivity index (χ2n) is 7.60. The Morgan fingerprint density at radius 2 is 1.84 bits per heavy atom. The number of hydrogen-bond donors (Lipinski definition) is 0. The summed E-state index contributed by atoms with van der Waals surface area (Å²) in [4.78, 5) is 0. The number of aryl methyl sites for hydroxylation is 1. The molecule has 0 radical (unpaired) electrons. The number of unbranched alkanes of at least 4 members (excludes halogenated alkanes) is 1. The Balaban J connectivity index is 2.43. The number of benzene rings is 1. The van der Waals surface area contributed by atoms with Crippen LogP contribution in [0.5, 0.6) is 0 Å². The van der Waals surface area contributed by atoms with Crippen LogP contribution in [-0.2, 0) is 0 Å². The molecule has 0 atom stereocenters. The molecule has 0 nitrogen and oxygen atoms in total. The van der Waals surface area contributed by atoms with E-state index in [2.05, 4.69) is 58.5 Å². The third-order valence-electron chi connectivity index (χ3n) is 5.88. The summed E-state index contributed by atoms with van der Waals surface area (Å²) < 4.78 is 0. The van der Waals surface area contributed by atoms with Gasteiger partial charge in [-0.1, -0.05) is 75.6 Å². The van der Waals surface area contributed by atoms with E-state index in [1.807, 2.05) is 6.08 Å². The van der Waals surface area contributed by atoms with Crippen LogP contribution in [0.1, 0.15) is 83.3 Å². The summed E-state index contributed by atoms with van der Waals surface area (Å²) in [6.07, 6.45) is 12.5. The Kier molecular flexibility index (Phi) is 7.75. The summed E-state index contributed by atoms with van der Waals surface area (Å²) in [6, 6.07) is 8.90. The second-order valence-corrected chi connectivity index (χ2v) is 7.60. The van der Waals surface area contributed by atoms with Gasteiger partial charge in [0.1, 0.15) is 0 Å². The lowest BCUT2D eigenvalue weighted by molar-refractivity contribution is 0.373. The van der Waals surface area contributed by atoms with Gasteiger partial charge >= 0.3 is 0 Å². The van der Waals surface area contributed by atoms with E-state index in [4.69, 9.17) is 0 Å².